The molecular weight excluding hydrogens is 592 g/mol. The second-order valence-corrected chi connectivity index (χ2v) is 14.0. The number of allylic oxidation sites excluding steroid dienone is 1. The predicted octanol–water partition coefficient (Wildman–Crippen LogP) is 8.40. The Bertz CT molecular complexity index is 1780. The molecular formula is C37H42N6O4. The molecule has 244 valence electrons. The van der Waals surface area contributed by atoms with Crippen molar-refractivity contribution in [3.05, 3.63) is 84.9 Å². The highest BCUT2D eigenvalue weighted by Crippen LogP contribution is 2.50. The minimum Gasteiger partial charge on any atom is -0.444 e. The molecule has 2 aliphatic heterocycles. The molecule has 10 nitrogen and oxygen atoms in total. The van der Waals surface area contributed by atoms with Crippen LogP contribution in [0, 0.1) is 5.92 Å². The van der Waals surface area contributed by atoms with Gasteiger partial charge in [-0.3, -0.25) is 9.80 Å². The van der Waals surface area contributed by atoms with E-state index in [1.54, 1.807) is 11.8 Å². The Morgan fingerprint density at radius 3 is 2.00 bits per heavy atom. The molecule has 1 saturated carbocycles. The van der Waals surface area contributed by atoms with E-state index < -0.39 is 5.60 Å². The molecule has 0 unspecified atom stereocenters. The van der Waals surface area contributed by atoms with Crippen LogP contribution in [-0.4, -0.2) is 60.1 Å². The minimum absolute atomic E-state index is 0.111. The number of hydrogen-bond donors (Lipinski definition) is 2. The average molecular weight is 635 g/mol. The Balaban J connectivity index is 1.02. The van der Waals surface area contributed by atoms with Gasteiger partial charge in [0.25, 0.3) is 0 Å². The zero-order valence-corrected chi connectivity index (χ0v) is 27.5. The van der Waals surface area contributed by atoms with Crippen LogP contribution in [0.25, 0.3) is 33.6 Å². The largest absolute Gasteiger partial charge is 0.444 e. The van der Waals surface area contributed by atoms with Crippen LogP contribution in [0.15, 0.2) is 73.3 Å². The number of likely N-dealkylation sites (tertiary alicyclic amines) is 2. The van der Waals surface area contributed by atoms with E-state index in [4.69, 9.17) is 14.5 Å². The highest BCUT2D eigenvalue weighted by Gasteiger charge is 2.50. The number of ether oxygens (including phenoxy) is 2. The lowest BCUT2D eigenvalue weighted by molar-refractivity contribution is 0.0218. The average Bonchev–Trinajstić information content (AvgIpc) is 3.87. The van der Waals surface area contributed by atoms with Gasteiger partial charge in [0.05, 0.1) is 41.6 Å². The first kappa shape index (κ1) is 30.8. The first-order valence-corrected chi connectivity index (χ1v) is 16.5. The molecule has 2 saturated heterocycles. The fourth-order valence-corrected chi connectivity index (χ4v) is 7.37. The van der Waals surface area contributed by atoms with E-state index in [9.17, 15) is 9.59 Å². The Morgan fingerprint density at radius 1 is 0.830 bits per heavy atom. The van der Waals surface area contributed by atoms with Gasteiger partial charge < -0.3 is 19.4 Å². The number of piperidine rings is 1. The fourth-order valence-electron chi connectivity index (χ4n) is 7.37. The van der Waals surface area contributed by atoms with E-state index in [1.165, 1.54) is 0 Å². The summed E-state index contributed by atoms with van der Waals surface area (Å²) in [6.07, 6.45) is 7.89. The fraction of sp³-hybridized carbons (Fsp3) is 0.405. The van der Waals surface area contributed by atoms with Gasteiger partial charge in [-0.25, -0.2) is 19.6 Å². The van der Waals surface area contributed by atoms with Gasteiger partial charge >= 0.3 is 12.2 Å². The number of aromatic nitrogens is 4. The van der Waals surface area contributed by atoms with Crippen molar-refractivity contribution in [3.63, 3.8) is 0 Å². The molecule has 0 spiro atoms. The van der Waals surface area contributed by atoms with Crippen molar-refractivity contribution in [1.29, 1.82) is 0 Å². The number of imidazole rings is 2. The summed E-state index contributed by atoms with van der Waals surface area (Å²) >= 11 is 0. The Hall–Kier alpha value is -4.86. The number of rotatable bonds is 6. The van der Waals surface area contributed by atoms with E-state index in [1.807, 2.05) is 38.1 Å². The van der Waals surface area contributed by atoms with Gasteiger partial charge in [0.1, 0.15) is 17.2 Å². The van der Waals surface area contributed by atoms with Crippen LogP contribution in [0.2, 0.25) is 0 Å². The van der Waals surface area contributed by atoms with Crippen molar-refractivity contribution in [2.75, 3.05) is 6.54 Å². The van der Waals surface area contributed by atoms with E-state index in [0.717, 1.165) is 77.4 Å². The number of hydrogen-bond acceptors (Lipinski definition) is 6. The molecule has 3 aliphatic rings. The molecule has 2 aromatic heterocycles. The van der Waals surface area contributed by atoms with Crippen LogP contribution >= 0.6 is 0 Å². The normalized spacial score (nSPS) is 22.1. The van der Waals surface area contributed by atoms with Crippen molar-refractivity contribution < 1.29 is 19.1 Å². The molecule has 4 atom stereocenters. The molecule has 4 aromatic rings. The number of carbonyl (C=O) groups is 2. The third kappa shape index (κ3) is 6.16. The maximum atomic E-state index is 12.9. The van der Waals surface area contributed by atoms with Crippen molar-refractivity contribution >= 4 is 12.2 Å². The molecule has 7 rings (SSSR count). The lowest BCUT2D eigenvalue weighted by Crippen LogP contribution is -2.40. The summed E-state index contributed by atoms with van der Waals surface area (Å²) in [6, 6.07) is 16.7. The Labute approximate surface area is 275 Å². The van der Waals surface area contributed by atoms with Gasteiger partial charge in [0.15, 0.2) is 0 Å². The number of carbonyl (C=O) groups excluding carboxylic acids is 2. The molecule has 4 heterocycles. The summed E-state index contributed by atoms with van der Waals surface area (Å²) in [7, 11) is 0. The van der Waals surface area contributed by atoms with Crippen LogP contribution in [0.5, 0.6) is 0 Å². The molecule has 47 heavy (non-hydrogen) atoms. The van der Waals surface area contributed by atoms with Gasteiger partial charge in [-0.1, -0.05) is 55.1 Å². The third-order valence-electron chi connectivity index (χ3n) is 9.45. The maximum absolute atomic E-state index is 12.9. The SMILES string of the molecule is C=C(C)OC(=O)N1[C@@H]2CC[C@@H](C2)[C@H]1c1ncc(-c2ccc(-c3ccc(-c4cnc([C@@H]5CCCN5C(=O)OC(C)(C)C)[nH]4)cc3)cc2)[nH]1. The number of nitrogens with one attached hydrogen (secondary N) is 2. The van der Waals surface area contributed by atoms with E-state index in [0.29, 0.717) is 18.2 Å². The van der Waals surface area contributed by atoms with E-state index in [-0.39, 0.29) is 30.3 Å². The molecule has 2 amide bonds. The second-order valence-electron chi connectivity index (χ2n) is 14.0. The van der Waals surface area contributed by atoms with Crippen LogP contribution in [0.4, 0.5) is 9.59 Å². The quantitative estimate of drug-likeness (QED) is 0.206. The smallest absolute Gasteiger partial charge is 0.415 e. The third-order valence-corrected chi connectivity index (χ3v) is 9.45. The van der Waals surface area contributed by atoms with Gasteiger partial charge in [-0.15, -0.1) is 0 Å². The summed E-state index contributed by atoms with van der Waals surface area (Å²) in [5, 5.41) is 0. The van der Waals surface area contributed by atoms with Gasteiger partial charge in [-0.05, 0) is 88.0 Å². The number of benzene rings is 2. The summed E-state index contributed by atoms with van der Waals surface area (Å²) < 4.78 is 11.0. The first-order valence-electron chi connectivity index (χ1n) is 16.5. The lowest BCUT2D eigenvalue weighted by Gasteiger charge is -2.33. The monoisotopic (exact) mass is 634 g/mol. The molecule has 2 N–H and O–H groups in total. The molecule has 3 fully saturated rings. The number of aromatic amines is 2. The number of H-pyrrole nitrogens is 2. The van der Waals surface area contributed by atoms with Crippen molar-refractivity contribution in [2.24, 2.45) is 5.92 Å². The minimum atomic E-state index is -0.538. The molecule has 10 heteroatoms. The standard InChI is InChI=1S/C37H42N6O4/c1-22(2)46-36(45)43-28-17-16-27(19-28)32(43)34-39-21-30(41-34)26-14-10-24(11-15-26)23-8-12-25(13-9-23)29-20-38-33(40-29)31-7-6-18-42(31)35(44)47-37(3,4)5/h8-15,20-21,27-28,31-32H,1,6-7,16-19H2,2-5H3,(H,38,40)(H,39,41)/t27-,28+,31-,32-/m0/s1. The van der Waals surface area contributed by atoms with E-state index >= 15 is 0 Å². The van der Waals surface area contributed by atoms with Crippen molar-refractivity contribution in [3.8, 4) is 33.6 Å². The topological polar surface area (TPSA) is 116 Å². The summed E-state index contributed by atoms with van der Waals surface area (Å²) in [4.78, 5) is 45.6. The highest BCUT2D eigenvalue weighted by molar-refractivity contribution is 5.73. The zero-order valence-electron chi connectivity index (χ0n) is 27.5. The second kappa shape index (κ2) is 12.1. The van der Waals surface area contributed by atoms with Gasteiger partial charge in [0, 0.05) is 12.6 Å². The van der Waals surface area contributed by atoms with Crippen molar-refractivity contribution in [2.45, 2.75) is 83.5 Å². The Morgan fingerprint density at radius 2 is 1.40 bits per heavy atom. The van der Waals surface area contributed by atoms with Crippen LogP contribution < -0.4 is 0 Å². The van der Waals surface area contributed by atoms with Gasteiger partial charge in [0.2, 0.25) is 0 Å². The number of nitrogens with zero attached hydrogens (tertiary/aromatic N) is 4. The van der Waals surface area contributed by atoms with Gasteiger partial charge in [-0.2, -0.15) is 0 Å². The zero-order chi connectivity index (χ0) is 32.9. The number of amides is 2. The van der Waals surface area contributed by atoms with Crippen LogP contribution in [0.1, 0.15) is 83.5 Å². The first-order chi connectivity index (χ1) is 22.5. The van der Waals surface area contributed by atoms with Crippen LogP contribution in [0.3, 0.4) is 0 Å². The summed E-state index contributed by atoms with van der Waals surface area (Å²) in [5.74, 6) is 2.36. The molecule has 2 aromatic carbocycles. The van der Waals surface area contributed by atoms with Crippen LogP contribution in [-0.2, 0) is 9.47 Å². The van der Waals surface area contributed by atoms with E-state index in [2.05, 4.69) is 70.1 Å². The van der Waals surface area contributed by atoms with Crippen molar-refractivity contribution in [1.82, 2.24) is 29.7 Å². The summed E-state index contributed by atoms with van der Waals surface area (Å²) in [5.41, 5.74) is 5.55. The molecule has 2 bridgehead atoms. The number of fused-ring (bicyclic) bond motifs is 2. The summed E-state index contributed by atoms with van der Waals surface area (Å²) in [6.45, 7) is 11.7. The lowest BCUT2D eigenvalue weighted by atomic mass is 9.98. The Kier molecular flexibility index (Phi) is 7.90. The maximum Gasteiger partial charge on any atom is 0.415 e. The highest BCUT2D eigenvalue weighted by atomic mass is 16.6. The molecule has 0 radical (unpaired) electrons. The predicted molar refractivity (Wildman–Crippen MR) is 179 cm³/mol. The molecule has 1 aliphatic carbocycles.